The van der Waals surface area contributed by atoms with E-state index in [1.54, 1.807) is 6.07 Å². The molecule has 1 aromatic heterocycles. The van der Waals surface area contributed by atoms with Gasteiger partial charge in [-0.1, -0.05) is 158 Å². The third kappa shape index (κ3) is 4.72. The van der Waals surface area contributed by atoms with Crippen molar-refractivity contribution in [2.45, 2.75) is 15.2 Å². The largest absolute Gasteiger partial charge is 0.308 e. The smallest absolute Gasteiger partial charge is 0.235 e. The van der Waals surface area contributed by atoms with E-state index in [0.29, 0.717) is 22.2 Å². The summed E-state index contributed by atoms with van der Waals surface area (Å²) >= 11 is 0. The number of fused-ring (bicyclic) bond motifs is 12. The molecule has 7 heteroatoms. The number of nitrogens with zero attached hydrogens (tertiary/aromatic N) is 4. The standard InChI is InChI=1S/C53H34N4O2S/c58-60(59)49-31-17-16-30-47(49)56(37-22-8-3-9-23-37)48-33-32-42-50(51(48)60)38-24-10-11-25-39(38)53(42)40-26-12-14-28-45(40)57(46-29-15-13-27-41(46)53)52-54-43(35-18-4-1-5-19-35)34-44(55-52)36-20-6-2-7-21-36/h1-34H. The van der Waals surface area contributed by atoms with E-state index in [1.165, 1.54) is 0 Å². The number of benzene rings is 8. The summed E-state index contributed by atoms with van der Waals surface area (Å²) in [6.45, 7) is 0. The average Bonchev–Trinajstić information content (AvgIpc) is 3.60. The lowest BCUT2D eigenvalue weighted by Crippen LogP contribution is -2.36. The Morgan fingerprint density at radius 2 is 0.917 bits per heavy atom. The van der Waals surface area contributed by atoms with E-state index in [4.69, 9.17) is 9.97 Å². The molecular weight excluding hydrogens is 757 g/mol. The number of rotatable bonds is 4. The van der Waals surface area contributed by atoms with Crippen molar-refractivity contribution >= 4 is 44.2 Å². The van der Waals surface area contributed by atoms with Crippen molar-refractivity contribution in [3.63, 3.8) is 0 Å². The van der Waals surface area contributed by atoms with Gasteiger partial charge in [-0.25, -0.2) is 18.4 Å². The molecule has 0 radical (unpaired) electrons. The summed E-state index contributed by atoms with van der Waals surface area (Å²) < 4.78 is 30.6. The van der Waals surface area contributed by atoms with Gasteiger partial charge in [0.2, 0.25) is 15.8 Å². The lowest BCUT2D eigenvalue weighted by atomic mass is 9.65. The lowest BCUT2D eigenvalue weighted by molar-refractivity contribution is 0.595. The fourth-order valence-electron chi connectivity index (χ4n) is 9.83. The van der Waals surface area contributed by atoms with Gasteiger partial charge in [-0.05, 0) is 76.3 Å². The molecule has 12 rings (SSSR count). The van der Waals surface area contributed by atoms with Gasteiger partial charge >= 0.3 is 0 Å². The maximum Gasteiger partial charge on any atom is 0.235 e. The first-order valence-corrected chi connectivity index (χ1v) is 21.5. The number of anilines is 6. The van der Waals surface area contributed by atoms with Gasteiger partial charge < -0.3 is 4.90 Å². The van der Waals surface area contributed by atoms with Crippen molar-refractivity contribution in [2.75, 3.05) is 9.80 Å². The Labute approximate surface area is 348 Å². The number of para-hydroxylation sites is 4. The van der Waals surface area contributed by atoms with E-state index in [2.05, 4.69) is 113 Å². The van der Waals surface area contributed by atoms with Crippen LogP contribution in [0.4, 0.5) is 34.4 Å². The minimum absolute atomic E-state index is 0.286. The first-order valence-electron chi connectivity index (χ1n) is 20.0. The molecule has 0 bridgehead atoms. The zero-order valence-corrected chi connectivity index (χ0v) is 33.0. The molecule has 6 nitrogen and oxygen atoms in total. The molecule has 3 heterocycles. The van der Waals surface area contributed by atoms with Gasteiger partial charge in [-0.15, -0.1) is 0 Å². The van der Waals surface area contributed by atoms with Gasteiger partial charge in [-0.3, -0.25) is 4.90 Å². The Morgan fingerprint density at radius 3 is 1.53 bits per heavy atom. The van der Waals surface area contributed by atoms with Crippen LogP contribution in [0.1, 0.15) is 22.3 Å². The summed E-state index contributed by atoms with van der Waals surface area (Å²) in [4.78, 5) is 15.5. The van der Waals surface area contributed by atoms with Crippen LogP contribution in [-0.2, 0) is 15.3 Å². The number of hydrogen-bond acceptors (Lipinski definition) is 6. The van der Waals surface area contributed by atoms with E-state index in [0.717, 1.165) is 73.0 Å². The van der Waals surface area contributed by atoms with E-state index in [9.17, 15) is 0 Å². The third-order valence-corrected chi connectivity index (χ3v) is 14.1. The maximum absolute atomic E-state index is 15.3. The van der Waals surface area contributed by atoms with Crippen LogP contribution in [0, 0.1) is 0 Å². The summed E-state index contributed by atoms with van der Waals surface area (Å²) in [5, 5.41) is 0. The molecule has 0 amide bonds. The summed E-state index contributed by atoms with van der Waals surface area (Å²) in [5.41, 5.74) is 12.3. The molecule has 2 aliphatic heterocycles. The van der Waals surface area contributed by atoms with Gasteiger partial charge in [0.25, 0.3) is 0 Å². The van der Waals surface area contributed by atoms with Crippen molar-refractivity contribution < 1.29 is 8.42 Å². The molecule has 0 unspecified atom stereocenters. The van der Waals surface area contributed by atoms with Gasteiger partial charge in [0.15, 0.2) is 0 Å². The minimum atomic E-state index is -4.01. The van der Waals surface area contributed by atoms with Gasteiger partial charge in [0.05, 0.1) is 44.4 Å². The molecular formula is C53H34N4O2S. The second kappa shape index (κ2) is 12.9. The molecule has 284 valence electrons. The first kappa shape index (κ1) is 34.4. The van der Waals surface area contributed by atoms with Gasteiger partial charge in [0.1, 0.15) is 4.90 Å². The number of hydrogen-bond donors (Lipinski definition) is 0. The summed E-state index contributed by atoms with van der Waals surface area (Å²) in [6.07, 6.45) is 0. The predicted octanol–water partition coefficient (Wildman–Crippen LogP) is 12.6. The van der Waals surface area contributed by atoms with E-state index < -0.39 is 15.3 Å². The van der Waals surface area contributed by atoms with E-state index in [1.807, 2.05) is 97.1 Å². The highest BCUT2D eigenvalue weighted by Gasteiger charge is 2.54. The van der Waals surface area contributed by atoms with Crippen LogP contribution in [0.3, 0.4) is 0 Å². The van der Waals surface area contributed by atoms with Gasteiger partial charge in [-0.2, -0.15) is 0 Å². The monoisotopic (exact) mass is 790 g/mol. The van der Waals surface area contributed by atoms with Crippen LogP contribution < -0.4 is 9.80 Å². The predicted molar refractivity (Wildman–Crippen MR) is 239 cm³/mol. The van der Waals surface area contributed by atoms with Gasteiger partial charge in [0, 0.05) is 22.4 Å². The highest BCUT2D eigenvalue weighted by molar-refractivity contribution is 7.92. The molecule has 1 aliphatic carbocycles. The van der Waals surface area contributed by atoms with Crippen molar-refractivity contribution in [1.82, 2.24) is 9.97 Å². The Balaban J connectivity index is 1.16. The normalized spacial score (nSPS) is 14.7. The van der Waals surface area contributed by atoms with Crippen LogP contribution in [0.15, 0.2) is 216 Å². The molecule has 3 aliphatic rings. The highest BCUT2D eigenvalue weighted by atomic mass is 32.2. The summed E-state index contributed by atoms with van der Waals surface area (Å²) in [5.74, 6) is 0.541. The average molecular weight is 791 g/mol. The van der Waals surface area contributed by atoms with Crippen molar-refractivity contribution in [2.24, 2.45) is 0 Å². The fraction of sp³-hybridized carbons (Fsp3) is 0.0189. The van der Waals surface area contributed by atoms with Crippen molar-refractivity contribution in [3.05, 3.63) is 229 Å². The molecule has 0 fully saturated rings. The zero-order valence-electron chi connectivity index (χ0n) is 32.1. The second-order valence-corrected chi connectivity index (χ2v) is 17.2. The molecule has 60 heavy (non-hydrogen) atoms. The third-order valence-electron chi connectivity index (χ3n) is 12.2. The lowest BCUT2D eigenvalue weighted by Gasteiger charge is -2.44. The highest BCUT2D eigenvalue weighted by Crippen LogP contribution is 2.66. The topological polar surface area (TPSA) is 66.4 Å². The Bertz CT molecular complexity index is 3190. The minimum Gasteiger partial charge on any atom is -0.308 e. The van der Waals surface area contributed by atoms with E-state index >= 15 is 8.42 Å². The molecule has 9 aromatic rings. The molecule has 0 N–H and O–H groups in total. The van der Waals surface area contributed by atoms with Crippen LogP contribution in [0.25, 0.3) is 33.6 Å². The molecule has 0 saturated heterocycles. The van der Waals surface area contributed by atoms with Crippen LogP contribution in [0.5, 0.6) is 0 Å². The first-order chi connectivity index (χ1) is 29.5. The molecule has 0 saturated carbocycles. The maximum atomic E-state index is 15.3. The zero-order chi connectivity index (χ0) is 40.0. The second-order valence-electron chi connectivity index (χ2n) is 15.3. The Morgan fingerprint density at radius 1 is 0.417 bits per heavy atom. The fourth-order valence-corrected chi connectivity index (χ4v) is 11.7. The molecule has 8 aromatic carbocycles. The SMILES string of the molecule is O=S1(=O)c2ccccc2N(c2ccccc2)c2ccc3c(c21)-c1ccccc1C31c2ccccc2N(c2nc(-c3ccccc3)cc(-c3ccccc3)n2)c2ccccc21. The summed E-state index contributed by atoms with van der Waals surface area (Å²) in [7, 11) is -4.01. The quantitative estimate of drug-likeness (QED) is 0.177. The molecule has 0 atom stereocenters. The Kier molecular flexibility index (Phi) is 7.43. The molecule has 1 spiro atoms. The summed E-state index contributed by atoms with van der Waals surface area (Å²) in [6, 6.07) is 69.3. The Hall–Kier alpha value is -7.61. The van der Waals surface area contributed by atoms with Crippen LogP contribution in [-0.4, -0.2) is 18.4 Å². The van der Waals surface area contributed by atoms with Crippen LogP contribution in [0.2, 0.25) is 0 Å². The number of sulfone groups is 1. The van der Waals surface area contributed by atoms with Crippen molar-refractivity contribution in [3.8, 4) is 33.6 Å². The van der Waals surface area contributed by atoms with Crippen LogP contribution >= 0.6 is 0 Å². The van der Waals surface area contributed by atoms with E-state index in [-0.39, 0.29) is 4.90 Å². The van der Waals surface area contributed by atoms with Crippen molar-refractivity contribution in [1.29, 1.82) is 0 Å². The number of aromatic nitrogens is 2.